The van der Waals surface area contributed by atoms with Crippen LogP contribution in [0.1, 0.15) is 12.2 Å². The summed E-state index contributed by atoms with van der Waals surface area (Å²) in [5, 5.41) is 13.3. The van der Waals surface area contributed by atoms with E-state index < -0.39 is 18.1 Å². The second kappa shape index (κ2) is 8.51. The van der Waals surface area contributed by atoms with Crippen LogP contribution in [-0.4, -0.2) is 70.9 Å². The number of nitrogens with two attached hydrogens (primary N) is 1. The third-order valence-corrected chi connectivity index (χ3v) is 6.77. The quantitative estimate of drug-likeness (QED) is 0.622. The van der Waals surface area contributed by atoms with Crippen molar-refractivity contribution in [2.45, 2.75) is 25.1 Å². The average Bonchev–Trinajstić information content (AvgIpc) is 3.38. The number of primary amides is 1. The minimum absolute atomic E-state index is 0.310. The molecule has 2 atom stereocenters. The molecule has 0 unspecified atom stereocenters. The number of carbonyl (C=O) groups is 1. The first-order chi connectivity index (χ1) is 15.1. The zero-order valence-corrected chi connectivity index (χ0v) is 17.9. The van der Waals surface area contributed by atoms with Gasteiger partial charge in [0.15, 0.2) is 0 Å². The van der Waals surface area contributed by atoms with Gasteiger partial charge in [0, 0.05) is 37.0 Å². The highest BCUT2D eigenvalue weighted by molar-refractivity contribution is 7.17. The zero-order valence-electron chi connectivity index (χ0n) is 17.1. The van der Waals surface area contributed by atoms with E-state index in [1.54, 1.807) is 11.3 Å². The Hall–Kier alpha value is -2.59. The molecule has 2 aliphatic heterocycles. The average molecular weight is 440 g/mol. The van der Waals surface area contributed by atoms with Crippen molar-refractivity contribution >= 4 is 33.3 Å². The summed E-state index contributed by atoms with van der Waals surface area (Å²) in [7, 11) is 0. The lowest BCUT2D eigenvalue weighted by molar-refractivity contribution is -0.119. The molecule has 2 saturated heterocycles. The molecule has 3 N–H and O–H groups in total. The van der Waals surface area contributed by atoms with Crippen molar-refractivity contribution in [3.05, 3.63) is 41.5 Å². The summed E-state index contributed by atoms with van der Waals surface area (Å²) in [4.78, 5) is 26.9. The molecular formula is C22H25N5O3S. The van der Waals surface area contributed by atoms with Gasteiger partial charge in [0.05, 0.1) is 31.2 Å². The van der Waals surface area contributed by atoms with E-state index in [9.17, 15) is 9.90 Å². The van der Waals surface area contributed by atoms with Crippen LogP contribution in [0.3, 0.4) is 0 Å². The van der Waals surface area contributed by atoms with Gasteiger partial charge in [-0.2, -0.15) is 0 Å². The third kappa shape index (κ3) is 4.01. The Morgan fingerprint density at radius 2 is 2.00 bits per heavy atom. The van der Waals surface area contributed by atoms with Crippen LogP contribution < -0.4 is 10.6 Å². The van der Waals surface area contributed by atoms with Crippen molar-refractivity contribution < 1.29 is 14.6 Å². The number of β-amino-alcohol motifs (C(OH)–C–C–N with tert-alkyl or cyclic N) is 1. The molecule has 1 amide bonds. The number of aromatic nitrogens is 2. The lowest BCUT2D eigenvalue weighted by Crippen LogP contribution is -2.41. The molecule has 4 heterocycles. The van der Waals surface area contributed by atoms with Gasteiger partial charge < -0.3 is 20.5 Å². The van der Waals surface area contributed by atoms with Gasteiger partial charge in [-0.05, 0) is 5.56 Å². The van der Waals surface area contributed by atoms with E-state index in [-0.39, 0.29) is 0 Å². The molecule has 31 heavy (non-hydrogen) atoms. The smallest absolute Gasteiger partial charge is 0.240 e. The molecule has 0 radical (unpaired) electrons. The largest absolute Gasteiger partial charge is 0.391 e. The van der Waals surface area contributed by atoms with E-state index >= 15 is 0 Å². The molecule has 2 fully saturated rings. The number of anilines is 1. The van der Waals surface area contributed by atoms with Gasteiger partial charge in [-0.15, -0.1) is 11.3 Å². The Kier molecular flexibility index (Phi) is 5.58. The van der Waals surface area contributed by atoms with Gasteiger partial charge in [0.25, 0.3) is 0 Å². The Morgan fingerprint density at radius 3 is 2.74 bits per heavy atom. The highest BCUT2D eigenvalue weighted by Crippen LogP contribution is 2.40. The first-order valence-electron chi connectivity index (χ1n) is 10.5. The van der Waals surface area contributed by atoms with E-state index in [0.29, 0.717) is 44.4 Å². The Labute approximate surface area is 184 Å². The molecule has 0 bridgehead atoms. The van der Waals surface area contributed by atoms with Crippen LogP contribution in [0, 0.1) is 0 Å². The number of thiophene rings is 1. The summed E-state index contributed by atoms with van der Waals surface area (Å²) in [6, 6.07) is 9.49. The number of nitrogens with zero attached hydrogens (tertiary/aromatic N) is 4. The van der Waals surface area contributed by atoms with E-state index in [4.69, 9.17) is 20.4 Å². The predicted molar refractivity (Wildman–Crippen MR) is 120 cm³/mol. The predicted octanol–water partition coefficient (Wildman–Crippen LogP) is 1.62. The number of aliphatic hydroxyl groups is 1. The summed E-state index contributed by atoms with van der Waals surface area (Å²) in [6.45, 7) is 4.01. The fourth-order valence-electron chi connectivity index (χ4n) is 4.35. The van der Waals surface area contributed by atoms with Crippen LogP contribution in [0.2, 0.25) is 0 Å². The number of fused-ring (bicyclic) bond motifs is 1. The molecule has 0 saturated carbocycles. The van der Waals surface area contributed by atoms with Gasteiger partial charge in [0.1, 0.15) is 22.5 Å². The lowest BCUT2D eigenvalue weighted by atomic mass is 10.1. The fourth-order valence-corrected chi connectivity index (χ4v) is 5.31. The lowest BCUT2D eigenvalue weighted by Gasteiger charge is -2.27. The number of benzene rings is 1. The molecular weight excluding hydrogens is 414 g/mol. The van der Waals surface area contributed by atoms with Gasteiger partial charge in [0.2, 0.25) is 5.91 Å². The van der Waals surface area contributed by atoms with Crippen molar-refractivity contribution in [3.8, 4) is 11.1 Å². The molecule has 0 spiro atoms. The second-order valence-corrected chi connectivity index (χ2v) is 8.87. The van der Waals surface area contributed by atoms with Crippen molar-refractivity contribution in [2.24, 2.45) is 5.73 Å². The summed E-state index contributed by atoms with van der Waals surface area (Å²) in [5.41, 5.74) is 7.78. The maximum atomic E-state index is 12.2. The minimum atomic E-state index is -0.621. The van der Waals surface area contributed by atoms with Crippen LogP contribution in [0.4, 0.5) is 5.82 Å². The van der Waals surface area contributed by atoms with Crippen LogP contribution in [-0.2, 0) is 16.1 Å². The second-order valence-electron chi connectivity index (χ2n) is 8.01. The molecule has 3 aromatic rings. The first-order valence-corrected chi connectivity index (χ1v) is 11.4. The molecule has 2 aromatic heterocycles. The number of hydrogen-bond donors (Lipinski definition) is 2. The number of morpholine rings is 1. The number of carbonyl (C=O) groups excluding carboxylic acids is 1. The van der Waals surface area contributed by atoms with E-state index in [2.05, 4.69) is 22.4 Å². The number of amides is 1. The molecule has 162 valence electrons. The maximum Gasteiger partial charge on any atom is 0.240 e. The van der Waals surface area contributed by atoms with Crippen LogP contribution >= 0.6 is 11.3 Å². The molecule has 1 aromatic carbocycles. The highest BCUT2D eigenvalue weighted by atomic mass is 32.1. The Morgan fingerprint density at radius 1 is 1.23 bits per heavy atom. The van der Waals surface area contributed by atoms with E-state index in [0.717, 1.165) is 34.4 Å². The summed E-state index contributed by atoms with van der Waals surface area (Å²) < 4.78 is 5.45. The fraction of sp³-hybridized carbons (Fsp3) is 0.409. The Balaban J connectivity index is 1.63. The van der Waals surface area contributed by atoms with Gasteiger partial charge >= 0.3 is 0 Å². The normalized spacial score (nSPS) is 22.3. The molecule has 5 rings (SSSR count). The third-order valence-electron chi connectivity index (χ3n) is 5.89. The number of hydrogen-bond acceptors (Lipinski definition) is 8. The van der Waals surface area contributed by atoms with Crippen molar-refractivity contribution in [1.29, 1.82) is 0 Å². The minimum Gasteiger partial charge on any atom is -0.391 e. The SMILES string of the molecule is NC(=O)[C@@H]1C[C@H](O)CN1c1nc(CN2CCOCC2)nc2scc(-c3ccccc3)c12. The number of ether oxygens (including phenoxy) is 1. The van der Waals surface area contributed by atoms with Crippen LogP contribution in [0.15, 0.2) is 35.7 Å². The van der Waals surface area contributed by atoms with Gasteiger partial charge in [-0.25, -0.2) is 9.97 Å². The summed E-state index contributed by atoms with van der Waals surface area (Å²) in [6.07, 6.45) is -0.311. The van der Waals surface area contributed by atoms with E-state index in [1.165, 1.54) is 0 Å². The monoisotopic (exact) mass is 439 g/mol. The molecule has 9 heteroatoms. The topological polar surface area (TPSA) is 105 Å². The van der Waals surface area contributed by atoms with Crippen molar-refractivity contribution in [3.63, 3.8) is 0 Å². The van der Waals surface area contributed by atoms with Crippen molar-refractivity contribution in [2.75, 3.05) is 37.7 Å². The van der Waals surface area contributed by atoms with Gasteiger partial charge in [-0.3, -0.25) is 9.69 Å². The highest BCUT2D eigenvalue weighted by Gasteiger charge is 2.37. The standard InChI is InChI=1S/C22H25N5O3S/c23-20(29)17-10-15(28)11-27(17)21-19-16(14-4-2-1-3-5-14)13-31-22(19)25-18(24-21)12-26-6-8-30-9-7-26/h1-5,13,15,17,28H,6-12H2,(H2,23,29)/t15-,17-/m0/s1. The summed E-state index contributed by atoms with van der Waals surface area (Å²) in [5.74, 6) is 0.929. The Bertz CT molecular complexity index is 1080. The number of rotatable bonds is 5. The molecule has 0 aliphatic carbocycles. The van der Waals surface area contributed by atoms with E-state index in [1.807, 2.05) is 23.1 Å². The van der Waals surface area contributed by atoms with Crippen LogP contribution in [0.25, 0.3) is 21.3 Å². The van der Waals surface area contributed by atoms with Crippen LogP contribution in [0.5, 0.6) is 0 Å². The first kappa shape index (κ1) is 20.3. The summed E-state index contributed by atoms with van der Waals surface area (Å²) >= 11 is 1.57. The van der Waals surface area contributed by atoms with Crippen molar-refractivity contribution in [1.82, 2.24) is 14.9 Å². The molecule has 2 aliphatic rings. The number of aliphatic hydroxyl groups excluding tert-OH is 1. The molecule has 8 nitrogen and oxygen atoms in total. The van der Waals surface area contributed by atoms with Gasteiger partial charge in [-0.1, -0.05) is 30.3 Å². The zero-order chi connectivity index (χ0) is 21.4. The maximum absolute atomic E-state index is 12.2.